The molecular weight excluding hydrogens is 158 g/mol. The second-order valence-corrected chi connectivity index (χ2v) is 3.32. The number of rotatable bonds is 0. The number of aromatic nitrogens is 1. The fourth-order valence-corrected chi connectivity index (χ4v) is 1.89. The minimum Gasteiger partial charge on any atom is -0.256 e. The average molecular weight is 167 g/mol. The van der Waals surface area contributed by atoms with Gasteiger partial charge in [0.25, 0.3) is 0 Å². The predicted octanol–water partition coefficient (Wildman–Crippen LogP) is 2.80. The monoisotopic (exact) mass is 167 g/mol. The van der Waals surface area contributed by atoms with Crippen LogP contribution in [0.4, 0.5) is 0 Å². The van der Waals surface area contributed by atoms with Gasteiger partial charge in [-0.25, -0.2) is 0 Å². The zero-order chi connectivity index (χ0) is 8.67. The summed E-state index contributed by atoms with van der Waals surface area (Å²) >= 11 is 0. The predicted molar refractivity (Wildman–Crippen MR) is 54.5 cm³/mol. The molecule has 0 spiro atoms. The lowest BCUT2D eigenvalue weighted by Crippen LogP contribution is -1.88. The fraction of sp³-hybridized carbons (Fsp3) is 0.0833. The van der Waals surface area contributed by atoms with Crippen LogP contribution >= 0.6 is 0 Å². The molecule has 0 N–H and O–H groups in total. The van der Waals surface area contributed by atoms with Gasteiger partial charge >= 0.3 is 0 Å². The molecule has 0 fully saturated rings. The third-order valence-corrected chi connectivity index (χ3v) is 2.54. The summed E-state index contributed by atoms with van der Waals surface area (Å²) in [5, 5.41) is 2.59. The smallest absolute Gasteiger partial charge is 0.0668 e. The molecule has 0 saturated carbocycles. The third-order valence-electron chi connectivity index (χ3n) is 2.54. The van der Waals surface area contributed by atoms with E-state index in [2.05, 4.69) is 41.4 Å². The molecule has 0 aliphatic heterocycles. The Morgan fingerprint density at radius 2 is 2.08 bits per heavy atom. The van der Waals surface area contributed by atoms with Gasteiger partial charge < -0.3 is 0 Å². The molecule has 0 unspecified atom stereocenters. The Balaban J connectivity index is 2.46. The SMILES string of the molecule is C1=Cc2ncc3ccccc3c2C1. The van der Waals surface area contributed by atoms with Crippen molar-refractivity contribution in [2.45, 2.75) is 6.42 Å². The topological polar surface area (TPSA) is 12.9 Å². The molecule has 0 bridgehead atoms. The summed E-state index contributed by atoms with van der Waals surface area (Å²) in [6, 6.07) is 8.42. The van der Waals surface area contributed by atoms with Crippen molar-refractivity contribution < 1.29 is 0 Å². The molecule has 1 heteroatoms. The lowest BCUT2D eigenvalue weighted by Gasteiger charge is -2.03. The van der Waals surface area contributed by atoms with E-state index in [1.54, 1.807) is 0 Å². The van der Waals surface area contributed by atoms with E-state index in [1.165, 1.54) is 16.3 Å². The summed E-state index contributed by atoms with van der Waals surface area (Å²) in [6.07, 6.45) is 7.25. The van der Waals surface area contributed by atoms with Gasteiger partial charge in [0, 0.05) is 11.6 Å². The number of allylic oxidation sites excluding steroid dienone is 1. The second kappa shape index (κ2) is 2.43. The van der Waals surface area contributed by atoms with Crippen LogP contribution < -0.4 is 0 Å². The number of benzene rings is 1. The summed E-state index contributed by atoms with van der Waals surface area (Å²) in [5.74, 6) is 0. The molecule has 13 heavy (non-hydrogen) atoms. The highest BCUT2D eigenvalue weighted by molar-refractivity contribution is 5.88. The Bertz CT molecular complexity index is 497. The Kier molecular flexibility index (Phi) is 1.28. The highest BCUT2D eigenvalue weighted by Gasteiger charge is 2.09. The standard InChI is InChI=1S/C12H9N/c1-2-5-10-9(4-1)8-13-12-7-3-6-11(10)12/h1-5,7-8H,6H2. The maximum Gasteiger partial charge on any atom is 0.0668 e. The fourth-order valence-electron chi connectivity index (χ4n) is 1.89. The molecule has 0 atom stereocenters. The van der Waals surface area contributed by atoms with Crippen LogP contribution in [-0.2, 0) is 6.42 Å². The lowest BCUT2D eigenvalue weighted by atomic mass is 10.1. The van der Waals surface area contributed by atoms with Gasteiger partial charge in [-0.2, -0.15) is 0 Å². The first-order valence-electron chi connectivity index (χ1n) is 4.48. The number of nitrogens with zero attached hydrogens (tertiary/aromatic N) is 1. The highest BCUT2D eigenvalue weighted by atomic mass is 14.7. The first-order chi connectivity index (χ1) is 6.45. The average Bonchev–Trinajstić information content (AvgIpc) is 2.65. The van der Waals surface area contributed by atoms with Crippen LogP contribution in [0.2, 0.25) is 0 Å². The van der Waals surface area contributed by atoms with Crippen LogP contribution in [0.1, 0.15) is 11.3 Å². The minimum absolute atomic E-state index is 1.03. The van der Waals surface area contributed by atoms with Crippen molar-refractivity contribution in [1.82, 2.24) is 4.98 Å². The summed E-state index contributed by atoms with van der Waals surface area (Å²) in [6.45, 7) is 0. The molecule has 1 heterocycles. The van der Waals surface area contributed by atoms with Crippen LogP contribution in [0, 0.1) is 0 Å². The largest absolute Gasteiger partial charge is 0.256 e. The second-order valence-electron chi connectivity index (χ2n) is 3.32. The molecule has 62 valence electrons. The molecule has 0 amide bonds. The lowest BCUT2D eigenvalue weighted by molar-refractivity contribution is 1.25. The normalized spacial score (nSPS) is 13.5. The molecule has 1 aromatic heterocycles. The quantitative estimate of drug-likeness (QED) is 0.588. The Hall–Kier alpha value is -1.63. The number of fused-ring (bicyclic) bond motifs is 3. The first kappa shape index (κ1) is 6.84. The van der Waals surface area contributed by atoms with E-state index in [0.29, 0.717) is 0 Å². The van der Waals surface area contributed by atoms with Crippen molar-refractivity contribution >= 4 is 16.8 Å². The van der Waals surface area contributed by atoms with Crippen molar-refractivity contribution in [1.29, 1.82) is 0 Å². The van der Waals surface area contributed by atoms with Crippen LogP contribution in [0.3, 0.4) is 0 Å². The Labute approximate surface area is 76.7 Å². The van der Waals surface area contributed by atoms with E-state index in [-0.39, 0.29) is 0 Å². The van der Waals surface area contributed by atoms with Gasteiger partial charge in [-0.1, -0.05) is 30.3 Å². The van der Waals surface area contributed by atoms with Crippen molar-refractivity contribution in [3.05, 3.63) is 47.8 Å². The van der Waals surface area contributed by atoms with E-state index in [0.717, 1.165) is 12.1 Å². The van der Waals surface area contributed by atoms with Gasteiger partial charge in [-0.15, -0.1) is 0 Å². The third kappa shape index (κ3) is 0.903. The molecule has 1 nitrogen and oxygen atoms in total. The summed E-state index contributed by atoms with van der Waals surface area (Å²) in [4.78, 5) is 4.40. The van der Waals surface area contributed by atoms with Gasteiger partial charge in [0.15, 0.2) is 0 Å². The van der Waals surface area contributed by atoms with Gasteiger partial charge in [0.2, 0.25) is 0 Å². The minimum atomic E-state index is 1.03. The molecule has 1 aliphatic rings. The number of hydrogen-bond acceptors (Lipinski definition) is 1. The molecule has 1 aliphatic carbocycles. The number of hydrogen-bond donors (Lipinski definition) is 0. The molecule has 0 saturated heterocycles. The molecule has 0 radical (unpaired) electrons. The van der Waals surface area contributed by atoms with Crippen LogP contribution in [0.5, 0.6) is 0 Å². The summed E-state index contributed by atoms with van der Waals surface area (Å²) in [5.41, 5.74) is 2.51. The number of pyridine rings is 1. The van der Waals surface area contributed by atoms with E-state index < -0.39 is 0 Å². The van der Waals surface area contributed by atoms with E-state index in [4.69, 9.17) is 0 Å². The van der Waals surface area contributed by atoms with Gasteiger partial charge in [-0.3, -0.25) is 4.98 Å². The Morgan fingerprint density at radius 1 is 1.15 bits per heavy atom. The van der Waals surface area contributed by atoms with Crippen LogP contribution in [0.15, 0.2) is 36.5 Å². The summed E-state index contributed by atoms with van der Waals surface area (Å²) < 4.78 is 0. The van der Waals surface area contributed by atoms with Gasteiger partial charge in [-0.05, 0) is 23.4 Å². The van der Waals surface area contributed by atoms with Crippen LogP contribution in [0.25, 0.3) is 16.8 Å². The van der Waals surface area contributed by atoms with Gasteiger partial charge in [0.1, 0.15) is 0 Å². The summed E-state index contributed by atoms with van der Waals surface area (Å²) in [7, 11) is 0. The highest BCUT2D eigenvalue weighted by Crippen LogP contribution is 2.25. The van der Waals surface area contributed by atoms with Crippen molar-refractivity contribution in [2.24, 2.45) is 0 Å². The van der Waals surface area contributed by atoms with Gasteiger partial charge in [0.05, 0.1) is 5.69 Å². The maximum absolute atomic E-state index is 4.40. The van der Waals surface area contributed by atoms with E-state index in [1.807, 2.05) is 6.20 Å². The van der Waals surface area contributed by atoms with Crippen molar-refractivity contribution in [2.75, 3.05) is 0 Å². The first-order valence-corrected chi connectivity index (χ1v) is 4.48. The zero-order valence-electron chi connectivity index (χ0n) is 7.20. The molecular formula is C12H9N. The molecule has 1 aromatic carbocycles. The van der Waals surface area contributed by atoms with E-state index >= 15 is 0 Å². The molecule has 3 rings (SSSR count). The van der Waals surface area contributed by atoms with Crippen LogP contribution in [-0.4, -0.2) is 4.98 Å². The van der Waals surface area contributed by atoms with E-state index in [9.17, 15) is 0 Å². The van der Waals surface area contributed by atoms with Crippen molar-refractivity contribution in [3.63, 3.8) is 0 Å². The van der Waals surface area contributed by atoms with Crippen molar-refractivity contribution in [3.8, 4) is 0 Å². The molecule has 2 aromatic rings. The zero-order valence-corrected chi connectivity index (χ0v) is 7.20. The maximum atomic E-state index is 4.40. The Morgan fingerprint density at radius 3 is 3.08 bits per heavy atom.